The molecular weight excluding hydrogens is 312 g/mol. The van der Waals surface area contributed by atoms with Gasteiger partial charge in [0.15, 0.2) is 0 Å². The number of rotatable bonds is 5. The highest BCUT2D eigenvalue weighted by molar-refractivity contribution is 5.84. The van der Waals surface area contributed by atoms with Crippen molar-refractivity contribution in [2.24, 2.45) is 0 Å². The minimum absolute atomic E-state index is 0.122. The Hall–Kier alpha value is -3.02. The van der Waals surface area contributed by atoms with E-state index in [4.69, 9.17) is 18.7 Å². The molecule has 124 valence electrons. The van der Waals surface area contributed by atoms with Crippen molar-refractivity contribution in [3.8, 4) is 5.75 Å². The molecule has 6 heteroatoms. The summed E-state index contributed by atoms with van der Waals surface area (Å²) in [5.41, 5.74) is 1.64. The first-order chi connectivity index (χ1) is 11.5. The zero-order valence-electron chi connectivity index (χ0n) is 13.3. The van der Waals surface area contributed by atoms with Crippen LogP contribution in [0.5, 0.6) is 5.75 Å². The topological polar surface area (TPSA) is 89.9 Å². The number of carbonyl (C=O) groups is 1. The van der Waals surface area contributed by atoms with Gasteiger partial charge in [0.05, 0.1) is 0 Å². The van der Waals surface area contributed by atoms with Crippen LogP contribution in [0.3, 0.4) is 0 Å². The number of ether oxygens (including phenoxy) is 1. The highest BCUT2D eigenvalue weighted by Crippen LogP contribution is 2.24. The van der Waals surface area contributed by atoms with Crippen molar-refractivity contribution in [1.82, 2.24) is 0 Å². The van der Waals surface area contributed by atoms with E-state index in [0.717, 1.165) is 17.4 Å². The Balaban J connectivity index is 1.86. The summed E-state index contributed by atoms with van der Waals surface area (Å²) in [4.78, 5) is 22.5. The molecule has 24 heavy (non-hydrogen) atoms. The molecule has 0 amide bonds. The molecule has 0 saturated carbocycles. The third kappa shape index (κ3) is 3.03. The molecule has 0 fully saturated rings. The maximum absolute atomic E-state index is 11.6. The van der Waals surface area contributed by atoms with Crippen molar-refractivity contribution in [3.63, 3.8) is 0 Å². The molecule has 2 heterocycles. The van der Waals surface area contributed by atoms with Gasteiger partial charge in [0, 0.05) is 23.1 Å². The van der Waals surface area contributed by atoms with Crippen LogP contribution in [-0.2, 0) is 13.0 Å². The summed E-state index contributed by atoms with van der Waals surface area (Å²) in [7, 11) is 0. The summed E-state index contributed by atoms with van der Waals surface area (Å²) in [6.07, 6.45) is 0.731. The molecule has 3 rings (SSSR count). The number of furan rings is 1. The summed E-state index contributed by atoms with van der Waals surface area (Å²) in [6.45, 7) is 3.81. The van der Waals surface area contributed by atoms with Crippen molar-refractivity contribution >= 4 is 16.9 Å². The largest absolute Gasteiger partial charge is 0.489 e. The molecule has 0 aliphatic carbocycles. The Kier molecular flexibility index (Phi) is 4.12. The number of fused-ring (bicyclic) bond motifs is 1. The van der Waals surface area contributed by atoms with Crippen molar-refractivity contribution < 1.29 is 23.5 Å². The summed E-state index contributed by atoms with van der Waals surface area (Å²) >= 11 is 0. The van der Waals surface area contributed by atoms with Crippen LogP contribution in [0.1, 0.15) is 34.4 Å². The molecule has 0 aliphatic rings. The maximum atomic E-state index is 11.6. The van der Waals surface area contributed by atoms with Crippen LogP contribution in [0.25, 0.3) is 11.0 Å². The zero-order valence-corrected chi connectivity index (χ0v) is 13.3. The molecule has 1 N–H and O–H groups in total. The van der Waals surface area contributed by atoms with Gasteiger partial charge < -0.3 is 18.7 Å². The molecule has 6 nitrogen and oxygen atoms in total. The first-order valence-corrected chi connectivity index (χ1v) is 7.50. The lowest BCUT2D eigenvalue weighted by atomic mass is 10.1. The van der Waals surface area contributed by atoms with E-state index in [1.165, 1.54) is 12.1 Å². The van der Waals surface area contributed by atoms with Crippen LogP contribution in [0.4, 0.5) is 0 Å². The Morgan fingerprint density at radius 2 is 1.96 bits per heavy atom. The fourth-order valence-electron chi connectivity index (χ4n) is 2.52. The Morgan fingerprint density at radius 1 is 1.17 bits per heavy atom. The van der Waals surface area contributed by atoms with E-state index >= 15 is 0 Å². The van der Waals surface area contributed by atoms with E-state index < -0.39 is 11.6 Å². The summed E-state index contributed by atoms with van der Waals surface area (Å²) in [6, 6.07) is 8.22. The van der Waals surface area contributed by atoms with Crippen molar-refractivity contribution in [2.75, 3.05) is 0 Å². The third-order valence-electron chi connectivity index (χ3n) is 3.81. The fraction of sp³-hybridized carbons (Fsp3) is 0.222. The number of carboxylic acid groups (broad SMARTS) is 1. The molecule has 0 atom stereocenters. The van der Waals surface area contributed by atoms with Crippen LogP contribution in [-0.4, -0.2) is 11.1 Å². The number of carboxylic acids is 1. The SMILES string of the molecule is CCc1cc(=O)oc2cc(OCc3cc(C(=O)O)oc3C)ccc12. The van der Waals surface area contributed by atoms with Crippen molar-refractivity contribution in [3.05, 3.63) is 63.4 Å². The molecule has 0 aliphatic heterocycles. The average molecular weight is 328 g/mol. The van der Waals surface area contributed by atoms with Gasteiger partial charge >= 0.3 is 11.6 Å². The predicted octanol–water partition coefficient (Wildman–Crippen LogP) is 3.53. The molecule has 2 aromatic heterocycles. The lowest BCUT2D eigenvalue weighted by Gasteiger charge is -2.07. The van der Waals surface area contributed by atoms with Gasteiger partial charge in [0.2, 0.25) is 5.76 Å². The highest BCUT2D eigenvalue weighted by Gasteiger charge is 2.14. The van der Waals surface area contributed by atoms with Crippen molar-refractivity contribution in [2.45, 2.75) is 26.9 Å². The minimum Gasteiger partial charge on any atom is -0.489 e. The number of aryl methyl sites for hydroxylation is 2. The summed E-state index contributed by atoms with van der Waals surface area (Å²) in [5, 5.41) is 9.80. The first-order valence-electron chi connectivity index (χ1n) is 7.50. The van der Waals surface area contributed by atoms with Crippen LogP contribution >= 0.6 is 0 Å². The predicted molar refractivity (Wildman–Crippen MR) is 86.6 cm³/mol. The van der Waals surface area contributed by atoms with E-state index in [0.29, 0.717) is 22.7 Å². The van der Waals surface area contributed by atoms with E-state index in [2.05, 4.69) is 0 Å². The molecular formula is C18H16O6. The van der Waals surface area contributed by atoms with Crippen LogP contribution in [0, 0.1) is 6.92 Å². The van der Waals surface area contributed by atoms with Gasteiger partial charge in [0.1, 0.15) is 23.7 Å². The maximum Gasteiger partial charge on any atom is 0.371 e. The van der Waals surface area contributed by atoms with E-state index in [9.17, 15) is 9.59 Å². The summed E-state index contributed by atoms with van der Waals surface area (Å²) in [5.74, 6) is -0.225. The second-order valence-corrected chi connectivity index (χ2v) is 5.39. The molecule has 0 bridgehead atoms. The molecule has 0 saturated heterocycles. The molecule has 0 unspecified atom stereocenters. The lowest BCUT2D eigenvalue weighted by Crippen LogP contribution is -2.01. The molecule has 3 aromatic rings. The van der Waals surface area contributed by atoms with Crippen molar-refractivity contribution in [1.29, 1.82) is 0 Å². The minimum atomic E-state index is -1.12. The molecule has 1 aromatic carbocycles. The van der Waals surface area contributed by atoms with Gasteiger partial charge in [-0.15, -0.1) is 0 Å². The van der Waals surface area contributed by atoms with Crippen LogP contribution in [0.2, 0.25) is 0 Å². The van der Waals surface area contributed by atoms with Gasteiger partial charge in [-0.05, 0) is 37.1 Å². The smallest absolute Gasteiger partial charge is 0.371 e. The average Bonchev–Trinajstić information content (AvgIpc) is 2.93. The normalized spacial score (nSPS) is 10.9. The molecule has 0 radical (unpaired) electrons. The van der Waals surface area contributed by atoms with E-state index in [1.807, 2.05) is 13.0 Å². The van der Waals surface area contributed by atoms with Gasteiger partial charge in [0.25, 0.3) is 0 Å². The van der Waals surface area contributed by atoms with E-state index in [-0.39, 0.29) is 12.4 Å². The van der Waals surface area contributed by atoms with Crippen LogP contribution < -0.4 is 10.4 Å². The lowest BCUT2D eigenvalue weighted by molar-refractivity contribution is 0.0661. The number of hydrogen-bond donors (Lipinski definition) is 1. The van der Waals surface area contributed by atoms with Crippen LogP contribution in [0.15, 0.2) is 44.0 Å². The standard InChI is InChI=1S/C18H16O6/c1-3-11-7-17(19)24-15-8-13(4-5-14(11)15)22-9-12-6-16(18(20)21)23-10(12)2/h4-8H,3,9H2,1-2H3,(H,20,21). The second kappa shape index (κ2) is 6.23. The monoisotopic (exact) mass is 328 g/mol. The van der Waals surface area contributed by atoms with Gasteiger partial charge in [-0.3, -0.25) is 0 Å². The van der Waals surface area contributed by atoms with E-state index in [1.54, 1.807) is 19.1 Å². The Labute approximate surface area is 137 Å². The third-order valence-corrected chi connectivity index (χ3v) is 3.81. The number of aromatic carboxylic acids is 1. The Morgan fingerprint density at radius 3 is 2.62 bits per heavy atom. The number of hydrogen-bond acceptors (Lipinski definition) is 5. The number of benzene rings is 1. The quantitative estimate of drug-likeness (QED) is 0.721. The highest BCUT2D eigenvalue weighted by atomic mass is 16.5. The first kappa shape index (κ1) is 15.9. The molecule has 0 spiro atoms. The zero-order chi connectivity index (χ0) is 17.3. The van der Waals surface area contributed by atoms with Gasteiger partial charge in [-0.2, -0.15) is 0 Å². The van der Waals surface area contributed by atoms with Gasteiger partial charge in [-0.1, -0.05) is 6.92 Å². The van der Waals surface area contributed by atoms with Gasteiger partial charge in [-0.25, -0.2) is 9.59 Å². The summed E-state index contributed by atoms with van der Waals surface area (Å²) < 4.78 is 16.0. The Bertz CT molecular complexity index is 963. The fourth-order valence-corrected chi connectivity index (χ4v) is 2.52. The second-order valence-electron chi connectivity index (χ2n) is 5.39.